The van der Waals surface area contributed by atoms with Gasteiger partial charge in [0.05, 0.1) is 0 Å². The minimum Gasteiger partial charge on any atom is -0.332 e. The van der Waals surface area contributed by atoms with E-state index in [-0.39, 0.29) is 0 Å². The van der Waals surface area contributed by atoms with Gasteiger partial charge in [-0.25, -0.2) is 4.98 Å². The molecule has 30 valence electrons. The highest BCUT2D eigenvalue weighted by molar-refractivity contribution is 5.65. The molecule has 0 aliphatic carbocycles. The molecule has 0 saturated carbocycles. The summed E-state index contributed by atoms with van der Waals surface area (Å²) in [5.74, 6) is 1.18. The normalized spacial score (nSPS) is 12.2. The Bertz CT molecular complexity index is 187. The van der Waals surface area contributed by atoms with Crippen LogP contribution in [0.15, 0.2) is 6.20 Å². The third-order valence-electron chi connectivity index (χ3n) is 1.06. The van der Waals surface area contributed by atoms with E-state index >= 15 is 0 Å². The molecule has 0 unspecified atom stereocenters. The van der Waals surface area contributed by atoms with Crippen molar-refractivity contribution in [3.05, 3.63) is 6.20 Å². The number of aryl methyl sites for hydroxylation is 1. The lowest BCUT2D eigenvalue weighted by Crippen LogP contribution is -1.89. The van der Waals surface area contributed by atoms with Crippen molar-refractivity contribution in [2.45, 2.75) is 0 Å². The summed E-state index contributed by atoms with van der Waals surface area (Å²) in [6.45, 7) is 0. The van der Waals surface area contributed by atoms with Crippen molar-refractivity contribution in [1.82, 2.24) is 9.55 Å². The third kappa shape index (κ3) is 0.0898. The highest BCUT2D eigenvalue weighted by atomic mass is 15.2. The lowest BCUT2D eigenvalue weighted by Gasteiger charge is -1.93. The van der Waals surface area contributed by atoms with Gasteiger partial charge in [-0.05, 0) is 0 Å². The maximum Gasteiger partial charge on any atom is 0.160 e. The molecule has 0 N–H and O–H groups in total. The van der Waals surface area contributed by atoms with Gasteiger partial charge in [0.2, 0.25) is 0 Å². The Morgan fingerprint density at radius 3 is 2.67 bits per heavy atom. The molecule has 0 amide bonds. The second-order valence-corrected chi connectivity index (χ2v) is 1.56. The van der Waals surface area contributed by atoms with E-state index in [0.717, 1.165) is 0 Å². The molecule has 0 aromatic carbocycles. The molecule has 2 rings (SSSR count). The van der Waals surface area contributed by atoms with E-state index < -0.39 is 0 Å². The summed E-state index contributed by atoms with van der Waals surface area (Å²) in [5, 5.41) is 0. The number of rotatable bonds is 0. The zero-order valence-electron chi connectivity index (χ0n) is 3.47. The zero-order chi connectivity index (χ0) is 4.15. The summed E-state index contributed by atoms with van der Waals surface area (Å²) in [6.07, 6.45) is 2.01. The van der Waals surface area contributed by atoms with Crippen molar-refractivity contribution < 1.29 is 0 Å². The molecular weight excluding hydrogens is 76.1 g/mol. The predicted octanol–water partition coefficient (Wildman–Crippen LogP) is 0.400. The van der Waals surface area contributed by atoms with Gasteiger partial charge in [-0.3, -0.25) is 0 Å². The SMILES string of the molecule is Cn1cc2nc1-2. The van der Waals surface area contributed by atoms with E-state index in [2.05, 4.69) is 4.98 Å². The highest BCUT2D eigenvalue weighted by Gasteiger charge is 2.20. The molecule has 2 nitrogen and oxygen atoms in total. The second kappa shape index (κ2) is 0.416. The van der Waals surface area contributed by atoms with Crippen LogP contribution in [0, 0.1) is 0 Å². The van der Waals surface area contributed by atoms with Crippen molar-refractivity contribution in [2.75, 3.05) is 0 Å². The number of imidazole rings is 1. The Kier molecular flexibility index (Phi) is 0.166. The largest absolute Gasteiger partial charge is 0.332 e. The van der Waals surface area contributed by atoms with Crippen LogP contribution in [0.5, 0.6) is 0 Å². The fourth-order valence-electron chi connectivity index (χ4n) is 0.611. The monoisotopic (exact) mass is 80.0 g/mol. The molecule has 0 spiro atoms. The van der Waals surface area contributed by atoms with Gasteiger partial charge in [-0.1, -0.05) is 0 Å². The summed E-state index contributed by atoms with van der Waals surface area (Å²) in [4.78, 5) is 3.95. The first kappa shape index (κ1) is 2.39. The first-order valence-electron chi connectivity index (χ1n) is 1.91. The topological polar surface area (TPSA) is 17.8 Å². The fourth-order valence-corrected chi connectivity index (χ4v) is 0.611. The molecule has 2 aliphatic heterocycles. The van der Waals surface area contributed by atoms with E-state index in [1.165, 1.54) is 11.5 Å². The summed E-state index contributed by atoms with van der Waals surface area (Å²) in [6, 6.07) is 0. The van der Waals surface area contributed by atoms with Crippen LogP contribution in [0.3, 0.4) is 0 Å². The Hall–Kier alpha value is -0.790. The van der Waals surface area contributed by atoms with E-state index in [0.29, 0.717) is 0 Å². The fraction of sp³-hybridized carbons (Fsp3) is 0.250. The van der Waals surface area contributed by atoms with Gasteiger partial charge in [0.25, 0.3) is 0 Å². The quantitative estimate of drug-likeness (QED) is 0.448. The highest BCUT2D eigenvalue weighted by Crippen LogP contribution is 2.28. The molecule has 2 aliphatic rings. The molecule has 0 radical (unpaired) electrons. The average Bonchev–Trinajstić information content (AvgIpc) is 2.12. The molecule has 2 heterocycles. The predicted molar refractivity (Wildman–Crippen MR) is 22.2 cm³/mol. The van der Waals surface area contributed by atoms with Gasteiger partial charge in [-0.15, -0.1) is 0 Å². The van der Waals surface area contributed by atoms with Crippen molar-refractivity contribution in [3.8, 4) is 11.5 Å². The number of aromatic nitrogens is 2. The maximum atomic E-state index is 3.95. The zero-order valence-corrected chi connectivity index (χ0v) is 3.47. The Morgan fingerprint density at radius 2 is 2.67 bits per heavy atom. The lowest BCUT2D eigenvalue weighted by molar-refractivity contribution is 0.908. The van der Waals surface area contributed by atoms with Gasteiger partial charge in [-0.2, -0.15) is 0 Å². The third-order valence-corrected chi connectivity index (χ3v) is 1.06. The van der Waals surface area contributed by atoms with Gasteiger partial charge in [0, 0.05) is 13.2 Å². The molecule has 0 bridgehead atoms. The number of fused-ring (bicyclic) bond motifs is 1. The first-order chi connectivity index (χ1) is 2.88. The maximum absolute atomic E-state index is 3.95. The summed E-state index contributed by atoms with van der Waals surface area (Å²) in [5.41, 5.74) is 1.19. The van der Waals surface area contributed by atoms with Crippen LogP contribution < -0.4 is 0 Å². The number of hydrogen-bond acceptors (Lipinski definition) is 1. The Morgan fingerprint density at radius 1 is 1.83 bits per heavy atom. The average molecular weight is 80.1 g/mol. The van der Waals surface area contributed by atoms with E-state index in [9.17, 15) is 0 Å². The standard InChI is InChI=1S/C4H4N2/c1-6-2-3-4(6)5-3/h2H,1H3. The first-order valence-corrected chi connectivity index (χ1v) is 1.91. The summed E-state index contributed by atoms with van der Waals surface area (Å²) < 4.78 is 2.01. The van der Waals surface area contributed by atoms with E-state index in [1.807, 2.05) is 17.8 Å². The van der Waals surface area contributed by atoms with Gasteiger partial charge >= 0.3 is 0 Å². The minimum absolute atomic E-state index is 1.18. The van der Waals surface area contributed by atoms with E-state index in [4.69, 9.17) is 0 Å². The molecule has 0 fully saturated rings. The Balaban J connectivity index is 2.83. The lowest BCUT2D eigenvalue weighted by atomic mass is 10.5. The van der Waals surface area contributed by atoms with Crippen molar-refractivity contribution >= 4 is 0 Å². The summed E-state index contributed by atoms with van der Waals surface area (Å²) in [7, 11) is 2.00. The number of nitrogens with zero attached hydrogens (tertiary/aromatic N) is 2. The van der Waals surface area contributed by atoms with Crippen LogP contribution in [0.25, 0.3) is 11.5 Å². The molecule has 0 aromatic heterocycles. The van der Waals surface area contributed by atoms with Crippen molar-refractivity contribution in [2.24, 2.45) is 7.05 Å². The number of hydrogen-bond donors (Lipinski definition) is 0. The molecular formula is C4H4N2. The van der Waals surface area contributed by atoms with Crippen LogP contribution in [0.1, 0.15) is 0 Å². The molecule has 6 heavy (non-hydrogen) atoms. The van der Waals surface area contributed by atoms with Gasteiger partial charge in [0.1, 0.15) is 5.69 Å². The van der Waals surface area contributed by atoms with Gasteiger partial charge in [0.15, 0.2) is 5.82 Å². The van der Waals surface area contributed by atoms with Crippen LogP contribution in [-0.4, -0.2) is 9.55 Å². The van der Waals surface area contributed by atoms with Gasteiger partial charge < -0.3 is 4.57 Å². The molecule has 0 saturated heterocycles. The van der Waals surface area contributed by atoms with Crippen LogP contribution >= 0.6 is 0 Å². The van der Waals surface area contributed by atoms with Crippen LogP contribution in [0.4, 0.5) is 0 Å². The van der Waals surface area contributed by atoms with Crippen molar-refractivity contribution in [3.63, 3.8) is 0 Å². The Labute approximate surface area is 35.4 Å². The van der Waals surface area contributed by atoms with Crippen molar-refractivity contribution in [1.29, 1.82) is 0 Å². The van der Waals surface area contributed by atoms with E-state index in [1.54, 1.807) is 0 Å². The molecule has 0 aromatic rings. The minimum atomic E-state index is 1.18. The second-order valence-electron chi connectivity index (χ2n) is 1.56. The smallest absolute Gasteiger partial charge is 0.160 e. The molecule has 2 heteroatoms. The summed E-state index contributed by atoms with van der Waals surface area (Å²) >= 11 is 0. The van der Waals surface area contributed by atoms with Crippen LogP contribution in [-0.2, 0) is 7.05 Å². The molecule has 0 atom stereocenters. The van der Waals surface area contributed by atoms with Crippen LogP contribution in [0.2, 0.25) is 0 Å².